The summed E-state index contributed by atoms with van der Waals surface area (Å²) >= 11 is 0. The molecule has 4 aromatic rings. The Bertz CT molecular complexity index is 942. The van der Waals surface area contributed by atoms with Crippen LogP contribution in [0.4, 0.5) is 5.69 Å². The van der Waals surface area contributed by atoms with Gasteiger partial charge in [0.25, 0.3) is 0 Å². The van der Waals surface area contributed by atoms with Gasteiger partial charge in [-0.2, -0.15) is 0 Å². The van der Waals surface area contributed by atoms with Crippen LogP contribution in [0.3, 0.4) is 0 Å². The lowest BCUT2D eigenvalue weighted by Gasteiger charge is -2.13. The third kappa shape index (κ3) is 3.83. The Labute approximate surface area is 154 Å². The summed E-state index contributed by atoms with van der Waals surface area (Å²) in [6.07, 6.45) is 5.64. The van der Waals surface area contributed by atoms with Crippen LogP contribution in [0.1, 0.15) is 11.1 Å². The smallest absolute Gasteiger partial charge is 0.0949 e. The summed E-state index contributed by atoms with van der Waals surface area (Å²) in [6.45, 7) is 1.62. The predicted molar refractivity (Wildman–Crippen MR) is 107 cm³/mol. The standard InChI is InChI=1S/C23H21N3/c1-2-6-20(7-3-1)21-12-10-19(11-13-21)16-25-23-9-5-4-8-22(23)17-26-15-14-24-18-26/h1-15,18,25H,16-17H2. The maximum Gasteiger partial charge on any atom is 0.0949 e. The third-order valence-electron chi connectivity index (χ3n) is 4.47. The number of anilines is 1. The van der Waals surface area contributed by atoms with Crippen LogP contribution in [-0.2, 0) is 13.1 Å². The normalized spacial score (nSPS) is 10.6. The molecule has 3 nitrogen and oxygen atoms in total. The molecule has 0 unspecified atom stereocenters. The number of benzene rings is 3. The molecular weight excluding hydrogens is 318 g/mol. The van der Waals surface area contributed by atoms with Gasteiger partial charge in [0.1, 0.15) is 0 Å². The number of rotatable bonds is 6. The maximum absolute atomic E-state index is 4.12. The molecule has 1 heterocycles. The van der Waals surface area contributed by atoms with Crippen LogP contribution in [0.25, 0.3) is 11.1 Å². The van der Waals surface area contributed by atoms with Crippen LogP contribution in [-0.4, -0.2) is 9.55 Å². The second-order valence-electron chi connectivity index (χ2n) is 6.31. The predicted octanol–water partition coefficient (Wildman–Crippen LogP) is 5.21. The minimum Gasteiger partial charge on any atom is -0.381 e. The zero-order chi connectivity index (χ0) is 17.6. The Kier molecular flexibility index (Phi) is 4.79. The molecule has 1 N–H and O–H groups in total. The van der Waals surface area contributed by atoms with E-state index in [2.05, 4.69) is 87.7 Å². The molecule has 1 aromatic heterocycles. The van der Waals surface area contributed by atoms with Crippen molar-refractivity contribution >= 4 is 5.69 Å². The molecule has 0 aliphatic heterocycles. The topological polar surface area (TPSA) is 29.9 Å². The molecule has 0 saturated carbocycles. The fourth-order valence-electron chi connectivity index (χ4n) is 3.05. The molecule has 0 atom stereocenters. The van der Waals surface area contributed by atoms with Crippen LogP contribution in [0.5, 0.6) is 0 Å². The van der Waals surface area contributed by atoms with Gasteiger partial charge in [-0.05, 0) is 28.3 Å². The van der Waals surface area contributed by atoms with Gasteiger partial charge in [-0.3, -0.25) is 0 Å². The van der Waals surface area contributed by atoms with E-state index in [1.807, 2.05) is 24.8 Å². The van der Waals surface area contributed by atoms with Gasteiger partial charge in [0.05, 0.1) is 12.9 Å². The van der Waals surface area contributed by atoms with Crippen molar-refractivity contribution in [2.75, 3.05) is 5.32 Å². The number of imidazole rings is 1. The van der Waals surface area contributed by atoms with Crippen molar-refractivity contribution in [2.24, 2.45) is 0 Å². The second-order valence-corrected chi connectivity index (χ2v) is 6.31. The third-order valence-corrected chi connectivity index (χ3v) is 4.47. The zero-order valence-electron chi connectivity index (χ0n) is 14.5. The van der Waals surface area contributed by atoms with E-state index in [0.29, 0.717) is 0 Å². The molecular formula is C23H21N3. The second kappa shape index (κ2) is 7.70. The van der Waals surface area contributed by atoms with E-state index in [9.17, 15) is 0 Å². The Morgan fingerprint density at radius 1 is 0.769 bits per heavy atom. The zero-order valence-corrected chi connectivity index (χ0v) is 14.5. The van der Waals surface area contributed by atoms with E-state index >= 15 is 0 Å². The van der Waals surface area contributed by atoms with Crippen molar-refractivity contribution in [2.45, 2.75) is 13.1 Å². The SMILES string of the molecule is c1ccc(-c2ccc(CNc3ccccc3Cn3ccnc3)cc2)cc1. The number of hydrogen-bond acceptors (Lipinski definition) is 2. The molecule has 0 radical (unpaired) electrons. The number of aromatic nitrogens is 2. The molecule has 0 aliphatic carbocycles. The average molecular weight is 339 g/mol. The molecule has 0 fully saturated rings. The van der Waals surface area contributed by atoms with Crippen molar-refractivity contribution in [3.63, 3.8) is 0 Å². The fraction of sp³-hybridized carbons (Fsp3) is 0.0870. The van der Waals surface area contributed by atoms with Crippen molar-refractivity contribution < 1.29 is 0 Å². The minimum atomic E-state index is 0.802. The van der Waals surface area contributed by atoms with Crippen molar-refractivity contribution in [3.8, 4) is 11.1 Å². The summed E-state index contributed by atoms with van der Waals surface area (Å²) in [4.78, 5) is 4.12. The number of nitrogens with zero attached hydrogens (tertiary/aromatic N) is 2. The largest absolute Gasteiger partial charge is 0.381 e. The monoisotopic (exact) mass is 339 g/mol. The van der Waals surface area contributed by atoms with Crippen LogP contribution < -0.4 is 5.32 Å². The van der Waals surface area contributed by atoms with Gasteiger partial charge in [0, 0.05) is 24.6 Å². The van der Waals surface area contributed by atoms with Gasteiger partial charge in [-0.25, -0.2) is 4.98 Å². The van der Waals surface area contributed by atoms with Crippen LogP contribution in [0, 0.1) is 0 Å². The van der Waals surface area contributed by atoms with E-state index in [4.69, 9.17) is 0 Å². The molecule has 3 aromatic carbocycles. The van der Waals surface area contributed by atoms with E-state index in [0.717, 1.165) is 18.8 Å². The lowest BCUT2D eigenvalue weighted by Crippen LogP contribution is -2.05. The molecule has 128 valence electrons. The first-order valence-electron chi connectivity index (χ1n) is 8.80. The van der Waals surface area contributed by atoms with Gasteiger partial charge in [-0.15, -0.1) is 0 Å². The first kappa shape index (κ1) is 16.2. The Balaban J connectivity index is 1.44. The Morgan fingerprint density at radius 2 is 1.50 bits per heavy atom. The van der Waals surface area contributed by atoms with Gasteiger partial charge in [0.2, 0.25) is 0 Å². The summed E-state index contributed by atoms with van der Waals surface area (Å²) in [6, 6.07) is 27.6. The molecule has 0 saturated heterocycles. The van der Waals surface area contributed by atoms with Crippen molar-refractivity contribution in [1.82, 2.24) is 9.55 Å². The van der Waals surface area contributed by atoms with Crippen molar-refractivity contribution in [3.05, 3.63) is 109 Å². The van der Waals surface area contributed by atoms with Crippen LogP contribution >= 0.6 is 0 Å². The summed E-state index contributed by atoms with van der Waals surface area (Å²) in [7, 11) is 0. The molecule has 3 heteroatoms. The first-order chi connectivity index (χ1) is 12.9. The van der Waals surface area contributed by atoms with Gasteiger partial charge in [0.15, 0.2) is 0 Å². The van der Waals surface area contributed by atoms with Crippen LogP contribution in [0.15, 0.2) is 97.6 Å². The van der Waals surface area contributed by atoms with Crippen LogP contribution in [0.2, 0.25) is 0 Å². The molecule has 0 bridgehead atoms. The first-order valence-corrected chi connectivity index (χ1v) is 8.80. The highest BCUT2D eigenvalue weighted by molar-refractivity contribution is 5.63. The molecule has 0 spiro atoms. The molecule has 26 heavy (non-hydrogen) atoms. The summed E-state index contributed by atoms with van der Waals surface area (Å²) in [5.41, 5.74) is 6.18. The minimum absolute atomic E-state index is 0.802. The lowest BCUT2D eigenvalue weighted by atomic mass is 10.0. The van der Waals surface area contributed by atoms with E-state index in [-0.39, 0.29) is 0 Å². The van der Waals surface area contributed by atoms with E-state index < -0.39 is 0 Å². The average Bonchev–Trinajstić information content (AvgIpc) is 3.22. The summed E-state index contributed by atoms with van der Waals surface area (Å²) in [5, 5.41) is 3.57. The molecule has 0 aliphatic rings. The maximum atomic E-state index is 4.12. The van der Waals surface area contributed by atoms with Crippen molar-refractivity contribution in [1.29, 1.82) is 0 Å². The fourth-order valence-corrected chi connectivity index (χ4v) is 3.05. The Hall–Kier alpha value is -3.33. The summed E-state index contributed by atoms with van der Waals surface area (Å²) < 4.78 is 2.08. The van der Waals surface area contributed by atoms with Gasteiger partial charge < -0.3 is 9.88 Å². The van der Waals surface area contributed by atoms with Gasteiger partial charge >= 0.3 is 0 Å². The summed E-state index contributed by atoms with van der Waals surface area (Å²) in [5.74, 6) is 0. The number of para-hydroxylation sites is 1. The molecule has 0 amide bonds. The number of nitrogens with one attached hydrogen (secondary N) is 1. The lowest BCUT2D eigenvalue weighted by molar-refractivity contribution is 0.797. The highest BCUT2D eigenvalue weighted by Gasteiger charge is 2.03. The van der Waals surface area contributed by atoms with E-state index in [1.54, 1.807) is 0 Å². The number of hydrogen-bond donors (Lipinski definition) is 1. The molecule has 4 rings (SSSR count). The highest BCUT2D eigenvalue weighted by atomic mass is 15.0. The highest BCUT2D eigenvalue weighted by Crippen LogP contribution is 2.21. The van der Waals surface area contributed by atoms with E-state index in [1.165, 1.54) is 22.3 Å². The van der Waals surface area contributed by atoms with Gasteiger partial charge in [-0.1, -0.05) is 72.8 Å². The quantitative estimate of drug-likeness (QED) is 0.522. The Morgan fingerprint density at radius 3 is 2.27 bits per heavy atom.